The van der Waals surface area contributed by atoms with Crippen LogP contribution < -0.4 is 11.1 Å². The monoisotopic (exact) mass is 372 g/mol. The maximum absolute atomic E-state index is 12.4. The van der Waals surface area contributed by atoms with Crippen molar-refractivity contribution in [2.75, 3.05) is 19.1 Å². The lowest BCUT2D eigenvalue weighted by Crippen LogP contribution is -2.30. The largest absolute Gasteiger partial charge is 0.469 e. The van der Waals surface area contributed by atoms with Crippen molar-refractivity contribution < 1.29 is 14.3 Å². The summed E-state index contributed by atoms with van der Waals surface area (Å²) in [6.45, 7) is 0. The number of nitrogens with one attached hydrogen (secondary N) is 1. The number of thioether (sulfide) groups is 1. The van der Waals surface area contributed by atoms with Crippen molar-refractivity contribution in [3.63, 3.8) is 0 Å². The second-order valence-corrected chi connectivity index (χ2v) is 6.75. The van der Waals surface area contributed by atoms with Gasteiger partial charge < -0.3 is 15.8 Å². The maximum atomic E-state index is 12.4. The zero-order valence-corrected chi connectivity index (χ0v) is 15.8. The molecule has 3 N–H and O–H groups in total. The minimum atomic E-state index is -0.418. The van der Waals surface area contributed by atoms with Gasteiger partial charge in [0.25, 0.3) is 0 Å². The van der Waals surface area contributed by atoms with Gasteiger partial charge in [0, 0.05) is 17.0 Å². The lowest BCUT2D eigenvalue weighted by molar-refractivity contribution is -0.141. The van der Waals surface area contributed by atoms with Gasteiger partial charge in [-0.05, 0) is 42.0 Å². The number of nitrogen functional groups attached to an aromatic ring is 1. The molecule has 2 rings (SSSR count). The molecule has 0 bridgehead atoms. The van der Waals surface area contributed by atoms with E-state index >= 15 is 0 Å². The highest BCUT2D eigenvalue weighted by Crippen LogP contribution is 2.22. The molecule has 0 aromatic heterocycles. The Labute approximate surface area is 158 Å². The summed E-state index contributed by atoms with van der Waals surface area (Å²) in [4.78, 5) is 25.2. The average Bonchev–Trinajstić information content (AvgIpc) is 2.66. The number of nitrogens with two attached hydrogens (primary N) is 1. The van der Waals surface area contributed by atoms with Gasteiger partial charge in [-0.25, -0.2) is 0 Å². The Morgan fingerprint density at radius 3 is 2.46 bits per heavy atom. The molecule has 0 heterocycles. The molecule has 1 amide bonds. The van der Waals surface area contributed by atoms with Crippen molar-refractivity contribution >= 4 is 29.3 Å². The van der Waals surface area contributed by atoms with Gasteiger partial charge in [0.2, 0.25) is 5.91 Å². The summed E-state index contributed by atoms with van der Waals surface area (Å²) in [7, 11) is 1.34. The highest BCUT2D eigenvalue weighted by atomic mass is 32.2. The van der Waals surface area contributed by atoms with Crippen molar-refractivity contribution in [3.05, 3.63) is 59.7 Å². The number of hydrogen-bond donors (Lipinski definition) is 2. The van der Waals surface area contributed by atoms with Gasteiger partial charge in [-0.1, -0.05) is 30.3 Å². The minimum Gasteiger partial charge on any atom is -0.469 e. The summed E-state index contributed by atoms with van der Waals surface area (Å²) in [5.74, 6) is -0.493. The van der Waals surface area contributed by atoms with E-state index in [9.17, 15) is 9.59 Å². The number of methoxy groups -OCH3 is 1. The van der Waals surface area contributed by atoms with Gasteiger partial charge in [-0.15, -0.1) is 11.8 Å². The topological polar surface area (TPSA) is 81.4 Å². The molecule has 0 aliphatic heterocycles. The molecule has 2 aromatic carbocycles. The van der Waals surface area contributed by atoms with Gasteiger partial charge in [0.1, 0.15) is 0 Å². The summed E-state index contributed by atoms with van der Waals surface area (Å²) >= 11 is 1.64. The Bertz CT molecular complexity index is 747. The molecule has 0 aliphatic carbocycles. The molecule has 2 aromatic rings. The van der Waals surface area contributed by atoms with Crippen LogP contribution in [0.25, 0.3) is 0 Å². The fourth-order valence-electron chi connectivity index (χ4n) is 2.61. The zero-order valence-electron chi connectivity index (χ0n) is 15.0. The number of para-hydroxylation sites is 1. The molecule has 0 spiro atoms. The quantitative estimate of drug-likeness (QED) is 0.422. The molecule has 6 heteroatoms. The third-order valence-corrected chi connectivity index (χ3v) is 4.87. The van der Waals surface area contributed by atoms with Gasteiger partial charge in [-0.2, -0.15) is 0 Å². The number of benzene rings is 2. The molecular formula is C20H24N2O3S. The van der Waals surface area contributed by atoms with Gasteiger partial charge in [0.05, 0.1) is 19.6 Å². The third-order valence-electron chi connectivity index (χ3n) is 4.13. The zero-order chi connectivity index (χ0) is 18.9. The van der Waals surface area contributed by atoms with E-state index in [1.807, 2.05) is 54.8 Å². The van der Waals surface area contributed by atoms with E-state index in [0.717, 1.165) is 16.0 Å². The van der Waals surface area contributed by atoms with Crippen LogP contribution >= 0.6 is 11.8 Å². The van der Waals surface area contributed by atoms with E-state index in [1.54, 1.807) is 11.8 Å². The van der Waals surface area contributed by atoms with Crippen LogP contribution in [0.15, 0.2) is 53.4 Å². The number of carbonyl (C=O) groups excluding carboxylic acids is 2. The number of hydrogen-bond acceptors (Lipinski definition) is 5. The van der Waals surface area contributed by atoms with Crippen molar-refractivity contribution in [2.45, 2.75) is 30.2 Å². The minimum absolute atomic E-state index is 0.0916. The molecular weight excluding hydrogens is 348 g/mol. The fraction of sp³-hybridized carbons (Fsp3) is 0.300. The Morgan fingerprint density at radius 2 is 1.85 bits per heavy atom. The Kier molecular flexibility index (Phi) is 7.53. The van der Waals surface area contributed by atoms with E-state index in [1.165, 1.54) is 7.11 Å². The second-order valence-electron chi connectivity index (χ2n) is 5.87. The molecule has 5 nitrogen and oxygen atoms in total. The smallest absolute Gasteiger partial charge is 0.307 e. The molecule has 1 unspecified atom stereocenters. The van der Waals surface area contributed by atoms with Crippen LogP contribution in [0, 0.1) is 0 Å². The predicted molar refractivity (Wildman–Crippen MR) is 105 cm³/mol. The predicted octanol–water partition coefficient (Wildman–Crippen LogP) is 3.34. The molecule has 1 atom stereocenters. The van der Waals surface area contributed by atoms with Crippen molar-refractivity contribution in [1.82, 2.24) is 5.32 Å². The van der Waals surface area contributed by atoms with Crippen molar-refractivity contribution in [1.29, 1.82) is 0 Å². The number of esters is 1. The Balaban J connectivity index is 2.03. The molecule has 26 heavy (non-hydrogen) atoms. The summed E-state index contributed by atoms with van der Waals surface area (Å²) in [6.07, 6.45) is 2.94. The molecule has 0 saturated carbocycles. The summed E-state index contributed by atoms with van der Waals surface area (Å²) in [5, 5.41) is 2.94. The molecule has 138 valence electrons. The SMILES string of the molecule is COC(=O)CC(NC(=O)CCc1ccccc1N)c1ccc(SC)cc1. The van der Waals surface area contributed by atoms with E-state index in [4.69, 9.17) is 10.5 Å². The summed E-state index contributed by atoms with van der Waals surface area (Å²) in [6, 6.07) is 14.9. The van der Waals surface area contributed by atoms with Crippen LogP contribution in [0.3, 0.4) is 0 Å². The number of anilines is 1. The highest BCUT2D eigenvalue weighted by Gasteiger charge is 2.19. The number of carbonyl (C=O) groups is 2. The number of ether oxygens (including phenoxy) is 1. The highest BCUT2D eigenvalue weighted by molar-refractivity contribution is 7.98. The molecule has 0 saturated heterocycles. The van der Waals surface area contributed by atoms with Crippen molar-refractivity contribution in [3.8, 4) is 0 Å². The first kappa shape index (κ1) is 19.8. The molecule has 0 aliphatic rings. The average molecular weight is 372 g/mol. The maximum Gasteiger partial charge on any atom is 0.307 e. The number of aryl methyl sites for hydroxylation is 1. The lowest BCUT2D eigenvalue weighted by atomic mass is 10.0. The number of amides is 1. The van der Waals surface area contributed by atoms with Crippen LogP contribution in [0.1, 0.15) is 30.0 Å². The molecule has 0 radical (unpaired) electrons. The normalized spacial score (nSPS) is 11.6. The van der Waals surface area contributed by atoms with Crippen molar-refractivity contribution in [2.24, 2.45) is 0 Å². The van der Waals surface area contributed by atoms with Crippen LogP contribution in [-0.4, -0.2) is 25.2 Å². The first-order valence-electron chi connectivity index (χ1n) is 8.37. The first-order valence-corrected chi connectivity index (χ1v) is 9.59. The van der Waals surface area contributed by atoms with Crippen LogP contribution in [-0.2, 0) is 20.7 Å². The first-order chi connectivity index (χ1) is 12.5. The standard InChI is InChI=1S/C20H24N2O3S/c1-25-20(24)13-18(15-7-10-16(26-2)11-8-15)22-19(23)12-9-14-5-3-4-6-17(14)21/h3-8,10-11,18H,9,12-13,21H2,1-2H3,(H,22,23). The van der Waals surface area contributed by atoms with Gasteiger partial charge in [0.15, 0.2) is 0 Å². The van der Waals surface area contributed by atoms with E-state index < -0.39 is 6.04 Å². The van der Waals surface area contributed by atoms with E-state index in [-0.39, 0.29) is 18.3 Å². The lowest BCUT2D eigenvalue weighted by Gasteiger charge is -2.19. The van der Waals surface area contributed by atoms with E-state index in [0.29, 0.717) is 18.5 Å². The number of rotatable bonds is 8. The second kappa shape index (κ2) is 9.87. The van der Waals surface area contributed by atoms with Crippen LogP contribution in [0.4, 0.5) is 5.69 Å². The third kappa shape index (κ3) is 5.81. The summed E-state index contributed by atoms with van der Waals surface area (Å²) in [5.41, 5.74) is 8.41. The van der Waals surface area contributed by atoms with Crippen LogP contribution in [0.2, 0.25) is 0 Å². The fourth-order valence-corrected chi connectivity index (χ4v) is 3.02. The summed E-state index contributed by atoms with van der Waals surface area (Å²) < 4.78 is 4.76. The molecule has 0 fully saturated rings. The van der Waals surface area contributed by atoms with E-state index in [2.05, 4.69) is 5.32 Å². The Hall–Kier alpha value is -2.47. The van der Waals surface area contributed by atoms with Gasteiger partial charge >= 0.3 is 5.97 Å². The van der Waals surface area contributed by atoms with Crippen LogP contribution in [0.5, 0.6) is 0 Å². The van der Waals surface area contributed by atoms with Gasteiger partial charge in [-0.3, -0.25) is 9.59 Å². The Morgan fingerprint density at radius 1 is 1.15 bits per heavy atom.